The Labute approximate surface area is 119 Å². The van der Waals surface area contributed by atoms with E-state index in [9.17, 15) is 0 Å². The minimum Gasteiger partial charge on any atom is -0.347 e. The monoisotopic (exact) mass is 287 g/mol. The van der Waals surface area contributed by atoms with Crippen molar-refractivity contribution < 1.29 is 0 Å². The largest absolute Gasteiger partial charge is 0.347 e. The Morgan fingerprint density at radius 3 is 2.50 bits per heavy atom. The highest BCUT2D eigenvalue weighted by Crippen LogP contribution is 2.31. The van der Waals surface area contributed by atoms with E-state index in [1.807, 2.05) is 11.8 Å². The molecule has 1 unspecified atom stereocenters. The summed E-state index contributed by atoms with van der Waals surface area (Å²) in [5.74, 6) is 1.59. The fraction of sp³-hybridized carbons (Fsp3) is 0.769. The van der Waals surface area contributed by atoms with Gasteiger partial charge in [-0.25, -0.2) is 4.98 Å². The van der Waals surface area contributed by atoms with E-state index in [1.54, 1.807) is 11.3 Å². The molecule has 0 saturated heterocycles. The summed E-state index contributed by atoms with van der Waals surface area (Å²) in [7, 11) is 2.15. The molecule has 2 N–H and O–H groups in total. The summed E-state index contributed by atoms with van der Waals surface area (Å²) >= 11 is 3.64. The molecule has 1 rings (SSSR count). The molecule has 0 aliphatic rings. The van der Waals surface area contributed by atoms with Crippen LogP contribution in [0.3, 0.4) is 0 Å². The fourth-order valence-electron chi connectivity index (χ4n) is 1.95. The van der Waals surface area contributed by atoms with E-state index >= 15 is 0 Å². The number of nitrogens with two attached hydrogens (primary N) is 1. The van der Waals surface area contributed by atoms with Crippen LogP contribution in [-0.2, 0) is 6.54 Å². The molecule has 104 valence electrons. The van der Waals surface area contributed by atoms with E-state index in [-0.39, 0.29) is 0 Å². The van der Waals surface area contributed by atoms with Crippen LogP contribution in [0.4, 0.5) is 5.13 Å². The first-order chi connectivity index (χ1) is 8.54. The predicted molar refractivity (Wildman–Crippen MR) is 85.0 cm³/mol. The third kappa shape index (κ3) is 3.62. The van der Waals surface area contributed by atoms with Crippen molar-refractivity contribution in [1.82, 2.24) is 4.98 Å². The Morgan fingerprint density at radius 2 is 2.11 bits per heavy atom. The van der Waals surface area contributed by atoms with Gasteiger partial charge in [0, 0.05) is 30.3 Å². The normalized spacial score (nSPS) is 13.1. The number of thiazole rings is 1. The van der Waals surface area contributed by atoms with Crippen LogP contribution < -0.4 is 10.6 Å². The number of rotatable bonds is 7. The topological polar surface area (TPSA) is 42.2 Å². The maximum atomic E-state index is 5.82. The average molecular weight is 287 g/mol. The Hall–Kier alpha value is -0.260. The second-order valence-electron chi connectivity index (χ2n) is 4.79. The molecule has 0 spiro atoms. The molecule has 3 nitrogen and oxygen atoms in total. The van der Waals surface area contributed by atoms with Crippen LogP contribution in [0.25, 0.3) is 0 Å². The summed E-state index contributed by atoms with van der Waals surface area (Å²) in [6.07, 6.45) is 3.30. The zero-order valence-corrected chi connectivity index (χ0v) is 13.7. The van der Waals surface area contributed by atoms with E-state index in [2.05, 4.69) is 39.0 Å². The van der Waals surface area contributed by atoms with Gasteiger partial charge < -0.3 is 10.6 Å². The van der Waals surface area contributed by atoms with E-state index < -0.39 is 0 Å². The van der Waals surface area contributed by atoms with Crippen molar-refractivity contribution in [3.63, 3.8) is 0 Å². The van der Waals surface area contributed by atoms with Gasteiger partial charge >= 0.3 is 0 Å². The van der Waals surface area contributed by atoms with Gasteiger partial charge in [-0.2, -0.15) is 11.8 Å². The molecule has 1 aromatic heterocycles. The minimum absolute atomic E-state index is 0.447. The van der Waals surface area contributed by atoms with Crippen molar-refractivity contribution in [2.24, 2.45) is 5.73 Å². The zero-order chi connectivity index (χ0) is 13.7. The lowest BCUT2D eigenvalue weighted by Crippen LogP contribution is -2.33. The number of anilines is 1. The summed E-state index contributed by atoms with van der Waals surface area (Å²) in [5, 5.41) is 1.11. The van der Waals surface area contributed by atoms with E-state index in [0.29, 0.717) is 18.5 Å². The molecule has 0 amide bonds. The lowest BCUT2D eigenvalue weighted by atomic mass is 10.1. The predicted octanol–water partition coefficient (Wildman–Crippen LogP) is 3.30. The van der Waals surface area contributed by atoms with Gasteiger partial charge in [-0.3, -0.25) is 0 Å². The van der Waals surface area contributed by atoms with Crippen LogP contribution in [0, 0.1) is 0 Å². The molecule has 5 heteroatoms. The van der Waals surface area contributed by atoms with Gasteiger partial charge in [-0.1, -0.05) is 20.8 Å². The SMILES string of the molecule is CCC(CSC)N(C)c1nc(C(C)C)c(CN)s1. The average Bonchev–Trinajstić information content (AvgIpc) is 2.79. The molecular weight excluding hydrogens is 262 g/mol. The first kappa shape index (κ1) is 15.8. The maximum absolute atomic E-state index is 5.82. The first-order valence-electron chi connectivity index (χ1n) is 6.46. The second-order valence-corrected chi connectivity index (χ2v) is 6.76. The van der Waals surface area contributed by atoms with Gasteiger partial charge in [0.2, 0.25) is 0 Å². The smallest absolute Gasteiger partial charge is 0.185 e. The number of aromatic nitrogens is 1. The summed E-state index contributed by atoms with van der Waals surface area (Å²) in [4.78, 5) is 8.33. The standard InChI is InChI=1S/C13H25N3S2/c1-6-10(8-17-5)16(4)13-15-12(9(2)3)11(7-14)18-13/h9-10H,6-8,14H2,1-5H3. The highest BCUT2D eigenvalue weighted by Gasteiger charge is 2.19. The molecule has 0 saturated carbocycles. The Kier molecular flexibility index (Phi) is 6.46. The van der Waals surface area contributed by atoms with E-state index in [1.165, 1.54) is 10.6 Å². The van der Waals surface area contributed by atoms with Gasteiger partial charge in [0.25, 0.3) is 0 Å². The molecule has 0 bridgehead atoms. The van der Waals surface area contributed by atoms with Gasteiger partial charge in [-0.05, 0) is 18.6 Å². The lowest BCUT2D eigenvalue weighted by molar-refractivity contribution is 0.669. The molecule has 0 aromatic carbocycles. The van der Waals surface area contributed by atoms with Crippen LogP contribution in [0.5, 0.6) is 0 Å². The Morgan fingerprint density at radius 1 is 1.44 bits per heavy atom. The third-order valence-corrected chi connectivity index (χ3v) is 5.03. The molecule has 0 radical (unpaired) electrons. The van der Waals surface area contributed by atoms with E-state index in [4.69, 9.17) is 10.7 Å². The molecule has 0 aliphatic heterocycles. The quantitative estimate of drug-likeness (QED) is 0.835. The van der Waals surface area contributed by atoms with Gasteiger partial charge in [0.1, 0.15) is 0 Å². The minimum atomic E-state index is 0.447. The first-order valence-corrected chi connectivity index (χ1v) is 8.67. The second kappa shape index (κ2) is 7.36. The van der Waals surface area contributed by atoms with Crippen molar-refractivity contribution in [3.05, 3.63) is 10.6 Å². The molecule has 1 aromatic rings. The molecule has 0 fully saturated rings. The molecular formula is C13H25N3S2. The number of thioether (sulfide) groups is 1. The fourth-order valence-corrected chi connectivity index (χ4v) is 3.92. The van der Waals surface area contributed by atoms with Crippen molar-refractivity contribution in [2.45, 2.75) is 45.7 Å². The summed E-state index contributed by atoms with van der Waals surface area (Å²) < 4.78 is 0. The Bertz CT molecular complexity index is 363. The van der Waals surface area contributed by atoms with Crippen molar-refractivity contribution in [3.8, 4) is 0 Å². The van der Waals surface area contributed by atoms with E-state index in [0.717, 1.165) is 17.3 Å². The van der Waals surface area contributed by atoms with Gasteiger partial charge in [-0.15, -0.1) is 11.3 Å². The van der Waals surface area contributed by atoms with Crippen LogP contribution in [0.15, 0.2) is 0 Å². The summed E-state index contributed by atoms with van der Waals surface area (Å²) in [6.45, 7) is 7.19. The van der Waals surface area contributed by atoms with Crippen LogP contribution in [-0.4, -0.2) is 30.1 Å². The van der Waals surface area contributed by atoms with Crippen LogP contribution in [0.2, 0.25) is 0 Å². The number of nitrogens with zero attached hydrogens (tertiary/aromatic N) is 2. The molecule has 18 heavy (non-hydrogen) atoms. The lowest BCUT2D eigenvalue weighted by Gasteiger charge is -2.26. The zero-order valence-electron chi connectivity index (χ0n) is 12.1. The van der Waals surface area contributed by atoms with Crippen LogP contribution >= 0.6 is 23.1 Å². The summed E-state index contributed by atoms with van der Waals surface area (Å²) in [6, 6.07) is 0.553. The third-order valence-electron chi connectivity index (χ3n) is 3.13. The Balaban J connectivity index is 2.94. The van der Waals surface area contributed by atoms with Crippen LogP contribution in [0.1, 0.15) is 43.7 Å². The van der Waals surface area contributed by atoms with Gasteiger partial charge in [0.05, 0.1) is 5.69 Å². The maximum Gasteiger partial charge on any atom is 0.185 e. The molecule has 1 heterocycles. The highest BCUT2D eigenvalue weighted by atomic mass is 32.2. The van der Waals surface area contributed by atoms with Crippen molar-refractivity contribution in [2.75, 3.05) is 24.0 Å². The van der Waals surface area contributed by atoms with Crippen molar-refractivity contribution in [1.29, 1.82) is 0 Å². The highest BCUT2D eigenvalue weighted by molar-refractivity contribution is 7.98. The number of hydrogen-bond donors (Lipinski definition) is 1. The molecule has 1 atom stereocenters. The number of hydrogen-bond acceptors (Lipinski definition) is 5. The summed E-state index contributed by atoms with van der Waals surface area (Å²) in [5.41, 5.74) is 6.99. The molecule has 0 aliphatic carbocycles. The van der Waals surface area contributed by atoms with Gasteiger partial charge in [0.15, 0.2) is 5.13 Å². The van der Waals surface area contributed by atoms with Crippen molar-refractivity contribution >= 4 is 28.2 Å².